The molecule has 1 fully saturated rings. The van der Waals surface area contributed by atoms with E-state index in [1.54, 1.807) is 0 Å². The molecule has 0 spiro atoms. The van der Waals surface area contributed by atoms with Gasteiger partial charge < -0.3 is 10.2 Å². The van der Waals surface area contributed by atoms with Crippen molar-refractivity contribution in [1.82, 2.24) is 20.0 Å². The highest BCUT2D eigenvalue weighted by molar-refractivity contribution is 5.79. The standard InChI is InChI=1S/C20H26N4O/c1-23-13-17(12-22-23)20-16(10-19(25)24(20)2)11-21-18-8-7-14-5-3-4-6-15(14)9-18/h3-6,12-13,16,18,20-21H,7-11H2,1-2H3/t16-,18?,20+/m0/s1. The van der Waals surface area contributed by atoms with E-state index < -0.39 is 0 Å². The molecule has 1 amide bonds. The van der Waals surface area contributed by atoms with Crippen molar-refractivity contribution in [3.63, 3.8) is 0 Å². The molecule has 1 N–H and O–H groups in total. The molecule has 1 aliphatic carbocycles. The highest BCUT2D eigenvalue weighted by Gasteiger charge is 2.39. The van der Waals surface area contributed by atoms with Crippen molar-refractivity contribution in [3.8, 4) is 0 Å². The van der Waals surface area contributed by atoms with Crippen molar-refractivity contribution in [3.05, 3.63) is 53.3 Å². The Morgan fingerprint density at radius 1 is 1.20 bits per heavy atom. The number of amides is 1. The van der Waals surface area contributed by atoms with Gasteiger partial charge in [-0.25, -0.2) is 0 Å². The summed E-state index contributed by atoms with van der Waals surface area (Å²) in [6.45, 7) is 0.877. The number of nitrogens with one attached hydrogen (secondary N) is 1. The van der Waals surface area contributed by atoms with Crippen LogP contribution in [0, 0.1) is 5.92 Å². The molecule has 2 aromatic rings. The number of hydrogen-bond acceptors (Lipinski definition) is 3. The normalized spacial score (nSPS) is 26.1. The van der Waals surface area contributed by atoms with E-state index in [0.29, 0.717) is 18.4 Å². The van der Waals surface area contributed by atoms with Gasteiger partial charge in [-0.1, -0.05) is 24.3 Å². The maximum atomic E-state index is 12.3. The van der Waals surface area contributed by atoms with Crippen LogP contribution < -0.4 is 5.32 Å². The first-order valence-electron chi connectivity index (χ1n) is 9.16. The summed E-state index contributed by atoms with van der Waals surface area (Å²) in [7, 11) is 3.84. The summed E-state index contributed by atoms with van der Waals surface area (Å²) in [6.07, 6.45) is 7.94. The van der Waals surface area contributed by atoms with Gasteiger partial charge in [-0.3, -0.25) is 9.48 Å². The first-order valence-corrected chi connectivity index (χ1v) is 9.16. The molecule has 0 radical (unpaired) electrons. The van der Waals surface area contributed by atoms with Crippen molar-refractivity contribution in [2.45, 2.75) is 37.8 Å². The third kappa shape index (κ3) is 3.21. The van der Waals surface area contributed by atoms with Gasteiger partial charge in [0.15, 0.2) is 0 Å². The predicted molar refractivity (Wildman–Crippen MR) is 97.1 cm³/mol. The van der Waals surface area contributed by atoms with Gasteiger partial charge in [0.25, 0.3) is 0 Å². The van der Waals surface area contributed by atoms with Gasteiger partial charge in [0.2, 0.25) is 5.91 Å². The molecule has 3 atom stereocenters. The topological polar surface area (TPSA) is 50.2 Å². The van der Waals surface area contributed by atoms with Crippen molar-refractivity contribution in [2.75, 3.05) is 13.6 Å². The molecule has 5 nitrogen and oxygen atoms in total. The average Bonchev–Trinajstić information content (AvgIpc) is 3.16. The highest BCUT2D eigenvalue weighted by Crippen LogP contribution is 2.36. The summed E-state index contributed by atoms with van der Waals surface area (Å²) >= 11 is 0. The number of carbonyl (C=O) groups excluding carboxylic acids is 1. The van der Waals surface area contributed by atoms with E-state index in [2.05, 4.69) is 34.7 Å². The smallest absolute Gasteiger partial charge is 0.223 e. The first-order chi connectivity index (χ1) is 12.1. The van der Waals surface area contributed by atoms with E-state index in [9.17, 15) is 4.79 Å². The van der Waals surface area contributed by atoms with Crippen molar-refractivity contribution >= 4 is 5.91 Å². The summed E-state index contributed by atoms with van der Waals surface area (Å²) in [5.41, 5.74) is 4.09. The lowest BCUT2D eigenvalue weighted by molar-refractivity contribution is -0.127. The number of nitrogens with zero attached hydrogens (tertiary/aromatic N) is 3. The summed E-state index contributed by atoms with van der Waals surface area (Å²) in [5, 5.41) is 8.03. The number of carbonyl (C=O) groups is 1. The second kappa shape index (κ2) is 6.64. The molecule has 1 aromatic heterocycles. The van der Waals surface area contributed by atoms with E-state index in [4.69, 9.17) is 0 Å². The van der Waals surface area contributed by atoms with Crippen molar-refractivity contribution in [1.29, 1.82) is 0 Å². The Kier molecular flexibility index (Phi) is 4.34. The Morgan fingerprint density at radius 3 is 2.76 bits per heavy atom. The number of aryl methyl sites for hydroxylation is 2. The van der Waals surface area contributed by atoms with E-state index >= 15 is 0 Å². The number of rotatable bonds is 4. The predicted octanol–water partition coefficient (Wildman–Crippen LogP) is 2.09. The quantitative estimate of drug-likeness (QED) is 0.929. The Balaban J connectivity index is 1.42. The summed E-state index contributed by atoms with van der Waals surface area (Å²) in [4.78, 5) is 14.1. The molecule has 0 saturated carbocycles. The van der Waals surface area contributed by atoms with Crippen molar-refractivity contribution in [2.24, 2.45) is 13.0 Å². The molecule has 25 heavy (non-hydrogen) atoms. The van der Waals surface area contributed by atoms with E-state index in [1.165, 1.54) is 17.5 Å². The second-order valence-corrected chi connectivity index (χ2v) is 7.48. The third-order valence-electron chi connectivity index (χ3n) is 5.78. The first kappa shape index (κ1) is 16.3. The Labute approximate surface area is 149 Å². The van der Waals surface area contributed by atoms with Crippen LogP contribution in [0.2, 0.25) is 0 Å². The zero-order valence-electron chi connectivity index (χ0n) is 15.0. The lowest BCUT2D eigenvalue weighted by Gasteiger charge is -2.29. The maximum Gasteiger partial charge on any atom is 0.223 e. The van der Waals surface area contributed by atoms with Crippen LogP contribution in [0.4, 0.5) is 0 Å². The second-order valence-electron chi connectivity index (χ2n) is 7.48. The SMILES string of the molecule is CN1C(=O)C[C@@H](CNC2CCc3ccccc3C2)[C@@H]1c1cnn(C)c1. The molecule has 2 aliphatic rings. The van der Waals surface area contributed by atoms with E-state index in [-0.39, 0.29) is 11.9 Å². The zero-order chi connectivity index (χ0) is 17.4. The maximum absolute atomic E-state index is 12.3. The minimum atomic E-state index is 0.129. The molecule has 1 saturated heterocycles. The summed E-state index contributed by atoms with van der Waals surface area (Å²) in [5.74, 6) is 0.536. The van der Waals surface area contributed by atoms with Crippen LogP contribution in [-0.2, 0) is 24.7 Å². The molecule has 132 valence electrons. The number of fused-ring (bicyclic) bond motifs is 1. The lowest BCUT2D eigenvalue weighted by atomic mass is 9.87. The van der Waals surface area contributed by atoms with Gasteiger partial charge in [-0.05, 0) is 30.4 Å². The van der Waals surface area contributed by atoms with Crippen LogP contribution in [0.15, 0.2) is 36.7 Å². The fraction of sp³-hybridized carbons (Fsp3) is 0.500. The summed E-state index contributed by atoms with van der Waals surface area (Å²) < 4.78 is 1.81. The van der Waals surface area contributed by atoms with Crippen LogP contribution in [0.25, 0.3) is 0 Å². The van der Waals surface area contributed by atoms with Crippen molar-refractivity contribution < 1.29 is 4.79 Å². The zero-order valence-corrected chi connectivity index (χ0v) is 15.0. The van der Waals surface area contributed by atoms with Crippen LogP contribution in [0.3, 0.4) is 0 Å². The molecule has 2 heterocycles. The Bertz CT molecular complexity index is 769. The molecule has 4 rings (SSSR count). The Hall–Kier alpha value is -2.14. The minimum Gasteiger partial charge on any atom is -0.338 e. The molecular weight excluding hydrogens is 312 g/mol. The molecule has 0 bridgehead atoms. The van der Waals surface area contributed by atoms with E-state index in [1.807, 2.05) is 36.1 Å². The lowest BCUT2D eigenvalue weighted by Crippen LogP contribution is -2.38. The van der Waals surface area contributed by atoms with Gasteiger partial charge >= 0.3 is 0 Å². The van der Waals surface area contributed by atoms with Gasteiger partial charge in [-0.2, -0.15) is 5.10 Å². The van der Waals surface area contributed by atoms with Gasteiger partial charge in [0, 0.05) is 50.8 Å². The molecule has 5 heteroatoms. The average molecular weight is 338 g/mol. The van der Waals surface area contributed by atoms with Gasteiger partial charge in [-0.15, -0.1) is 0 Å². The fourth-order valence-electron chi connectivity index (χ4n) is 4.41. The number of aromatic nitrogens is 2. The molecule has 1 aromatic carbocycles. The van der Waals surface area contributed by atoms with Crippen LogP contribution >= 0.6 is 0 Å². The molecule has 1 unspecified atom stereocenters. The third-order valence-corrected chi connectivity index (χ3v) is 5.78. The van der Waals surface area contributed by atoms with Crippen LogP contribution in [0.5, 0.6) is 0 Å². The highest BCUT2D eigenvalue weighted by atomic mass is 16.2. The monoisotopic (exact) mass is 338 g/mol. The van der Waals surface area contributed by atoms with Gasteiger partial charge in [0.1, 0.15) is 0 Å². The minimum absolute atomic E-state index is 0.129. The van der Waals surface area contributed by atoms with Gasteiger partial charge in [0.05, 0.1) is 12.2 Å². The molecule has 1 aliphatic heterocycles. The number of benzene rings is 1. The molecular formula is C20H26N4O. The summed E-state index contributed by atoms with van der Waals surface area (Å²) in [6, 6.07) is 9.38. The van der Waals surface area contributed by atoms with Crippen LogP contribution in [0.1, 0.15) is 35.6 Å². The van der Waals surface area contributed by atoms with E-state index in [0.717, 1.165) is 24.9 Å². The Morgan fingerprint density at radius 2 is 2.00 bits per heavy atom. The number of hydrogen-bond donors (Lipinski definition) is 1. The number of likely N-dealkylation sites (tertiary alicyclic amines) is 1. The van der Waals surface area contributed by atoms with Crippen LogP contribution in [-0.4, -0.2) is 40.2 Å². The largest absolute Gasteiger partial charge is 0.338 e. The fourth-order valence-corrected chi connectivity index (χ4v) is 4.41.